The summed E-state index contributed by atoms with van der Waals surface area (Å²) in [4.78, 5) is 23.6. The molecule has 0 aromatic heterocycles. The Morgan fingerprint density at radius 2 is 1.91 bits per heavy atom. The molecule has 5 nitrogen and oxygen atoms in total. The van der Waals surface area contributed by atoms with E-state index in [1.807, 2.05) is 39.0 Å². The van der Waals surface area contributed by atoms with E-state index in [9.17, 15) is 9.59 Å². The highest BCUT2D eigenvalue weighted by Gasteiger charge is 2.23. The van der Waals surface area contributed by atoms with Gasteiger partial charge in [-0.25, -0.2) is 4.79 Å². The van der Waals surface area contributed by atoms with Crippen molar-refractivity contribution in [3.8, 4) is 5.75 Å². The maximum absolute atomic E-state index is 12.0. The molecule has 0 aliphatic heterocycles. The zero-order valence-electron chi connectivity index (χ0n) is 13.7. The molecule has 0 fully saturated rings. The molecule has 0 aliphatic rings. The van der Waals surface area contributed by atoms with E-state index in [1.165, 1.54) is 13.2 Å². The highest BCUT2D eigenvalue weighted by molar-refractivity contribution is 5.95. The van der Waals surface area contributed by atoms with Crippen LogP contribution in [0.5, 0.6) is 5.75 Å². The summed E-state index contributed by atoms with van der Waals surface area (Å²) in [6, 6.07) is 5.03. The fourth-order valence-electron chi connectivity index (χ4n) is 1.98. The Labute approximate surface area is 131 Å². The number of carbonyl (C=O) groups excluding carboxylic acids is 2. The van der Waals surface area contributed by atoms with Gasteiger partial charge in [-0.05, 0) is 31.1 Å². The average molecular weight is 305 g/mol. The van der Waals surface area contributed by atoms with E-state index < -0.39 is 12.0 Å². The predicted octanol–water partition coefficient (Wildman–Crippen LogP) is 2.33. The molecule has 0 saturated carbocycles. The molecule has 0 saturated heterocycles. The SMILES string of the molecule is COC(=O)[C@@H](NC(=O)C=Cc1cc(C)ccc1OC)C(C)C. The standard InChI is InChI=1S/C17H23NO4/c1-11(2)16(17(20)22-5)18-15(19)9-7-13-10-12(3)6-8-14(13)21-4/h6-11,16H,1-5H3,(H,18,19)/t16-/m0/s1. The summed E-state index contributed by atoms with van der Waals surface area (Å²) in [5, 5.41) is 2.65. The van der Waals surface area contributed by atoms with Gasteiger partial charge in [-0.1, -0.05) is 25.5 Å². The molecule has 0 bridgehead atoms. The Balaban J connectivity index is 2.83. The van der Waals surface area contributed by atoms with Crippen molar-refractivity contribution < 1.29 is 19.1 Å². The molecule has 0 heterocycles. The van der Waals surface area contributed by atoms with Crippen molar-refractivity contribution >= 4 is 18.0 Å². The van der Waals surface area contributed by atoms with Crippen LogP contribution < -0.4 is 10.1 Å². The Hall–Kier alpha value is -2.30. The number of esters is 1. The van der Waals surface area contributed by atoms with E-state index in [0.29, 0.717) is 5.75 Å². The molecule has 1 N–H and O–H groups in total. The molecule has 5 heteroatoms. The second kappa shape index (κ2) is 8.22. The van der Waals surface area contributed by atoms with Gasteiger partial charge in [0.05, 0.1) is 14.2 Å². The molecule has 1 aromatic carbocycles. The molecule has 1 amide bonds. The lowest BCUT2D eigenvalue weighted by atomic mass is 10.0. The van der Waals surface area contributed by atoms with Crippen LogP contribution in [-0.4, -0.2) is 32.1 Å². The van der Waals surface area contributed by atoms with E-state index in [-0.39, 0.29) is 11.8 Å². The molecular formula is C17H23NO4. The number of methoxy groups -OCH3 is 2. The largest absolute Gasteiger partial charge is 0.496 e. The van der Waals surface area contributed by atoms with Crippen molar-refractivity contribution in [3.63, 3.8) is 0 Å². The Kier molecular flexibility index (Phi) is 6.63. The van der Waals surface area contributed by atoms with Gasteiger partial charge in [0.15, 0.2) is 0 Å². The van der Waals surface area contributed by atoms with Crippen LogP contribution in [0.4, 0.5) is 0 Å². The molecular weight excluding hydrogens is 282 g/mol. The van der Waals surface area contributed by atoms with E-state index in [0.717, 1.165) is 11.1 Å². The quantitative estimate of drug-likeness (QED) is 0.647. The van der Waals surface area contributed by atoms with E-state index in [1.54, 1.807) is 13.2 Å². The number of amides is 1. The maximum atomic E-state index is 12.0. The van der Waals surface area contributed by atoms with Crippen molar-refractivity contribution in [1.29, 1.82) is 0 Å². The van der Waals surface area contributed by atoms with Gasteiger partial charge in [0.1, 0.15) is 11.8 Å². The van der Waals surface area contributed by atoms with E-state index >= 15 is 0 Å². The first-order valence-corrected chi connectivity index (χ1v) is 7.10. The van der Waals surface area contributed by atoms with E-state index in [4.69, 9.17) is 9.47 Å². The first kappa shape index (κ1) is 17.8. The van der Waals surface area contributed by atoms with Crippen molar-refractivity contribution in [2.24, 2.45) is 5.92 Å². The number of ether oxygens (including phenoxy) is 2. The van der Waals surface area contributed by atoms with Crippen molar-refractivity contribution in [3.05, 3.63) is 35.4 Å². The van der Waals surface area contributed by atoms with Crippen molar-refractivity contribution in [2.75, 3.05) is 14.2 Å². The van der Waals surface area contributed by atoms with Crippen LogP contribution in [0.3, 0.4) is 0 Å². The summed E-state index contributed by atoms with van der Waals surface area (Å²) in [6.45, 7) is 5.65. The summed E-state index contributed by atoms with van der Waals surface area (Å²) in [7, 11) is 2.88. The molecule has 0 unspecified atom stereocenters. The number of rotatable bonds is 6. The minimum Gasteiger partial charge on any atom is -0.496 e. The lowest BCUT2D eigenvalue weighted by Gasteiger charge is -2.18. The average Bonchev–Trinajstić information content (AvgIpc) is 2.49. The monoisotopic (exact) mass is 305 g/mol. The van der Waals surface area contributed by atoms with Crippen LogP contribution in [0.25, 0.3) is 6.08 Å². The number of carbonyl (C=O) groups is 2. The van der Waals surface area contributed by atoms with Gasteiger partial charge >= 0.3 is 5.97 Å². The van der Waals surface area contributed by atoms with Crippen LogP contribution in [0, 0.1) is 12.8 Å². The van der Waals surface area contributed by atoms with Crippen LogP contribution >= 0.6 is 0 Å². The number of nitrogens with one attached hydrogen (secondary N) is 1. The van der Waals surface area contributed by atoms with Gasteiger partial charge in [-0.3, -0.25) is 4.79 Å². The molecule has 0 aliphatic carbocycles. The van der Waals surface area contributed by atoms with Gasteiger partial charge in [-0.15, -0.1) is 0 Å². The van der Waals surface area contributed by atoms with Gasteiger partial charge in [0.25, 0.3) is 0 Å². The summed E-state index contributed by atoms with van der Waals surface area (Å²) in [6.07, 6.45) is 3.05. The lowest BCUT2D eigenvalue weighted by molar-refractivity contribution is -0.145. The second-order valence-electron chi connectivity index (χ2n) is 5.33. The van der Waals surface area contributed by atoms with Crippen LogP contribution in [-0.2, 0) is 14.3 Å². The normalized spacial score (nSPS) is 12.3. The van der Waals surface area contributed by atoms with Crippen molar-refractivity contribution in [2.45, 2.75) is 26.8 Å². The molecule has 120 valence electrons. The Morgan fingerprint density at radius 1 is 1.23 bits per heavy atom. The molecule has 1 rings (SSSR count). The molecule has 1 atom stereocenters. The topological polar surface area (TPSA) is 64.6 Å². The Bertz CT molecular complexity index is 564. The van der Waals surface area contributed by atoms with Crippen LogP contribution in [0.2, 0.25) is 0 Å². The van der Waals surface area contributed by atoms with Crippen molar-refractivity contribution in [1.82, 2.24) is 5.32 Å². The minimum absolute atomic E-state index is 0.0571. The minimum atomic E-state index is -0.665. The molecule has 0 radical (unpaired) electrons. The summed E-state index contributed by atoms with van der Waals surface area (Å²) < 4.78 is 9.94. The third-order valence-electron chi connectivity index (χ3n) is 3.22. The van der Waals surface area contributed by atoms with Crippen LogP contribution in [0.1, 0.15) is 25.0 Å². The molecule has 0 spiro atoms. The first-order chi connectivity index (χ1) is 10.4. The number of hydrogen-bond acceptors (Lipinski definition) is 4. The van der Waals surface area contributed by atoms with Gasteiger partial charge in [0, 0.05) is 11.6 Å². The molecule has 1 aromatic rings. The third kappa shape index (κ3) is 4.91. The van der Waals surface area contributed by atoms with Crippen LogP contribution in [0.15, 0.2) is 24.3 Å². The lowest BCUT2D eigenvalue weighted by Crippen LogP contribution is -2.44. The van der Waals surface area contributed by atoms with Gasteiger partial charge in [-0.2, -0.15) is 0 Å². The Morgan fingerprint density at radius 3 is 2.45 bits per heavy atom. The van der Waals surface area contributed by atoms with Gasteiger partial charge in [0.2, 0.25) is 5.91 Å². The summed E-state index contributed by atoms with van der Waals surface area (Å²) in [5.74, 6) is -0.182. The number of aryl methyl sites for hydroxylation is 1. The second-order valence-corrected chi connectivity index (χ2v) is 5.33. The van der Waals surface area contributed by atoms with Gasteiger partial charge < -0.3 is 14.8 Å². The summed E-state index contributed by atoms with van der Waals surface area (Å²) in [5.41, 5.74) is 1.87. The third-order valence-corrected chi connectivity index (χ3v) is 3.22. The first-order valence-electron chi connectivity index (χ1n) is 7.10. The zero-order valence-corrected chi connectivity index (χ0v) is 13.7. The zero-order chi connectivity index (χ0) is 16.7. The fraction of sp³-hybridized carbons (Fsp3) is 0.412. The van der Waals surface area contributed by atoms with E-state index in [2.05, 4.69) is 5.32 Å². The highest BCUT2D eigenvalue weighted by Crippen LogP contribution is 2.20. The smallest absolute Gasteiger partial charge is 0.328 e. The number of benzene rings is 1. The number of hydrogen-bond donors (Lipinski definition) is 1. The fourth-order valence-corrected chi connectivity index (χ4v) is 1.98. The summed E-state index contributed by atoms with van der Waals surface area (Å²) >= 11 is 0. The highest BCUT2D eigenvalue weighted by atomic mass is 16.5. The maximum Gasteiger partial charge on any atom is 0.328 e. The predicted molar refractivity (Wildman–Crippen MR) is 85.5 cm³/mol. The molecule has 22 heavy (non-hydrogen) atoms.